The molecular weight excluding hydrogens is 319 g/mol. The molecule has 0 saturated carbocycles. The molecule has 1 aromatic heterocycles. The molecule has 0 aliphatic carbocycles. The van der Waals surface area contributed by atoms with Gasteiger partial charge in [0.05, 0.1) is 13.2 Å². The second-order valence-electron chi connectivity index (χ2n) is 5.17. The van der Waals surface area contributed by atoms with E-state index in [2.05, 4.69) is 4.98 Å². The molecule has 0 bridgehead atoms. The van der Waals surface area contributed by atoms with E-state index in [1.165, 1.54) is 0 Å². The number of aryl methyl sites for hydroxylation is 1. The summed E-state index contributed by atoms with van der Waals surface area (Å²) in [5, 5.41) is 0.567. The molecule has 0 N–H and O–H groups in total. The van der Waals surface area contributed by atoms with Crippen LogP contribution in [0.25, 0.3) is 0 Å². The second kappa shape index (κ2) is 8.11. The summed E-state index contributed by atoms with van der Waals surface area (Å²) < 4.78 is 20.7. The van der Waals surface area contributed by atoms with E-state index in [0.717, 1.165) is 18.4 Å². The maximum atomic E-state index is 14.2. The first-order valence-corrected chi connectivity index (χ1v) is 8.11. The largest absolute Gasteiger partial charge is 0.461 e. The van der Waals surface area contributed by atoms with Crippen LogP contribution in [-0.2, 0) is 17.7 Å². The molecule has 1 aromatic carbocycles. The van der Waals surface area contributed by atoms with Gasteiger partial charge in [-0.3, -0.25) is 0 Å². The molecular formula is C17H20ClFN2O2. The van der Waals surface area contributed by atoms with Crippen LogP contribution in [0.15, 0.2) is 24.3 Å². The van der Waals surface area contributed by atoms with E-state index in [-0.39, 0.29) is 18.8 Å². The minimum Gasteiger partial charge on any atom is -0.461 e. The molecule has 0 saturated heterocycles. The SMILES string of the molecule is CCCCc1nc(F)c(C(=O)OCC)n1Cc1ccccc1Cl. The Bertz CT molecular complexity index is 685. The zero-order chi connectivity index (χ0) is 16.8. The number of nitrogens with zero attached hydrogens (tertiary/aromatic N) is 2. The van der Waals surface area contributed by atoms with Crippen molar-refractivity contribution in [1.29, 1.82) is 0 Å². The molecule has 0 amide bonds. The maximum absolute atomic E-state index is 14.2. The Kier molecular flexibility index (Phi) is 6.16. The van der Waals surface area contributed by atoms with Gasteiger partial charge in [-0.15, -0.1) is 0 Å². The lowest BCUT2D eigenvalue weighted by atomic mass is 10.2. The Morgan fingerprint density at radius 3 is 2.74 bits per heavy atom. The van der Waals surface area contributed by atoms with Crippen LogP contribution >= 0.6 is 11.6 Å². The Morgan fingerprint density at radius 2 is 2.09 bits per heavy atom. The van der Waals surface area contributed by atoms with Crippen LogP contribution in [0.2, 0.25) is 5.02 Å². The molecule has 0 aliphatic heterocycles. The number of ether oxygens (including phenoxy) is 1. The Labute approximate surface area is 140 Å². The van der Waals surface area contributed by atoms with Crippen molar-refractivity contribution >= 4 is 17.6 Å². The summed E-state index contributed by atoms with van der Waals surface area (Å²) in [6, 6.07) is 7.29. The van der Waals surface area contributed by atoms with E-state index in [1.54, 1.807) is 17.6 Å². The number of aromatic nitrogens is 2. The van der Waals surface area contributed by atoms with E-state index in [0.29, 0.717) is 17.3 Å². The third kappa shape index (κ3) is 4.10. The van der Waals surface area contributed by atoms with Crippen molar-refractivity contribution in [3.05, 3.63) is 52.3 Å². The lowest BCUT2D eigenvalue weighted by Crippen LogP contribution is -2.16. The average molecular weight is 339 g/mol. The summed E-state index contributed by atoms with van der Waals surface area (Å²) in [6.45, 7) is 4.19. The van der Waals surface area contributed by atoms with Crippen molar-refractivity contribution in [3.63, 3.8) is 0 Å². The molecule has 6 heteroatoms. The number of hydrogen-bond donors (Lipinski definition) is 0. The van der Waals surface area contributed by atoms with Gasteiger partial charge in [-0.1, -0.05) is 43.1 Å². The third-order valence-corrected chi connectivity index (χ3v) is 3.88. The van der Waals surface area contributed by atoms with Crippen molar-refractivity contribution < 1.29 is 13.9 Å². The van der Waals surface area contributed by atoms with Crippen LogP contribution in [-0.4, -0.2) is 22.1 Å². The quantitative estimate of drug-likeness (QED) is 0.709. The van der Waals surface area contributed by atoms with Gasteiger partial charge >= 0.3 is 5.97 Å². The monoisotopic (exact) mass is 338 g/mol. The summed E-state index contributed by atoms with van der Waals surface area (Å²) in [5.74, 6) is -0.957. The van der Waals surface area contributed by atoms with Crippen molar-refractivity contribution in [2.24, 2.45) is 0 Å². The molecule has 0 fully saturated rings. The molecule has 124 valence electrons. The predicted molar refractivity (Wildman–Crippen MR) is 87.3 cm³/mol. The van der Waals surface area contributed by atoms with Gasteiger partial charge < -0.3 is 9.30 Å². The zero-order valence-corrected chi connectivity index (χ0v) is 14.1. The number of rotatable bonds is 7. The average Bonchev–Trinajstić information content (AvgIpc) is 2.83. The number of carbonyl (C=O) groups excluding carboxylic acids is 1. The number of halogens is 2. The number of esters is 1. The number of hydrogen-bond acceptors (Lipinski definition) is 3. The normalized spacial score (nSPS) is 10.8. The van der Waals surface area contributed by atoms with Gasteiger partial charge in [0, 0.05) is 11.4 Å². The molecule has 23 heavy (non-hydrogen) atoms. The van der Waals surface area contributed by atoms with Gasteiger partial charge in [0.1, 0.15) is 5.82 Å². The smallest absolute Gasteiger partial charge is 0.359 e. The van der Waals surface area contributed by atoms with Crippen LogP contribution in [0.3, 0.4) is 0 Å². The fraction of sp³-hybridized carbons (Fsp3) is 0.412. The molecule has 0 radical (unpaired) electrons. The summed E-state index contributed by atoms with van der Waals surface area (Å²) in [7, 11) is 0. The van der Waals surface area contributed by atoms with E-state index in [4.69, 9.17) is 16.3 Å². The standard InChI is InChI=1S/C17H20ClFN2O2/c1-3-5-10-14-20-16(19)15(17(22)23-4-2)21(14)11-12-8-6-7-9-13(12)18/h6-9H,3-5,10-11H2,1-2H3. The molecule has 2 aromatic rings. The van der Waals surface area contributed by atoms with Crippen LogP contribution in [0, 0.1) is 5.95 Å². The highest BCUT2D eigenvalue weighted by Gasteiger charge is 2.24. The number of imidazole rings is 1. The van der Waals surface area contributed by atoms with Crippen LogP contribution in [0.4, 0.5) is 4.39 Å². The number of benzene rings is 1. The van der Waals surface area contributed by atoms with Gasteiger partial charge in [-0.25, -0.2) is 9.78 Å². The van der Waals surface area contributed by atoms with Gasteiger partial charge in [0.2, 0.25) is 5.95 Å². The fourth-order valence-electron chi connectivity index (χ4n) is 2.35. The van der Waals surface area contributed by atoms with Crippen LogP contribution in [0.1, 0.15) is 48.6 Å². The maximum Gasteiger partial charge on any atom is 0.359 e. The summed E-state index contributed by atoms with van der Waals surface area (Å²) >= 11 is 6.19. The summed E-state index contributed by atoms with van der Waals surface area (Å²) in [6.07, 6.45) is 2.41. The molecule has 0 unspecified atom stereocenters. The Morgan fingerprint density at radius 1 is 1.35 bits per heavy atom. The highest BCUT2D eigenvalue weighted by Crippen LogP contribution is 2.21. The lowest BCUT2D eigenvalue weighted by Gasteiger charge is -2.12. The summed E-state index contributed by atoms with van der Waals surface area (Å²) in [5.41, 5.74) is 0.660. The predicted octanol–water partition coefficient (Wildman–Crippen LogP) is 4.24. The van der Waals surface area contributed by atoms with Crippen molar-refractivity contribution in [2.75, 3.05) is 6.61 Å². The molecule has 2 rings (SSSR count). The van der Waals surface area contributed by atoms with Gasteiger partial charge in [0.15, 0.2) is 5.69 Å². The fourth-order valence-corrected chi connectivity index (χ4v) is 2.55. The third-order valence-electron chi connectivity index (χ3n) is 3.51. The van der Waals surface area contributed by atoms with Crippen molar-refractivity contribution in [3.8, 4) is 0 Å². The van der Waals surface area contributed by atoms with E-state index < -0.39 is 11.9 Å². The van der Waals surface area contributed by atoms with Gasteiger partial charge in [-0.05, 0) is 25.0 Å². The van der Waals surface area contributed by atoms with Crippen molar-refractivity contribution in [2.45, 2.75) is 39.7 Å². The molecule has 4 nitrogen and oxygen atoms in total. The molecule has 1 heterocycles. The van der Waals surface area contributed by atoms with Gasteiger partial charge in [-0.2, -0.15) is 4.39 Å². The van der Waals surface area contributed by atoms with Crippen LogP contribution < -0.4 is 0 Å². The topological polar surface area (TPSA) is 44.1 Å². The Hall–Kier alpha value is -1.88. The highest BCUT2D eigenvalue weighted by molar-refractivity contribution is 6.31. The number of unbranched alkanes of at least 4 members (excludes halogenated alkanes) is 1. The minimum atomic E-state index is -0.790. The zero-order valence-electron chi connectivity index (χ0n) is 13.3. The molecule has 0 aliphatic rings. The van der Waals surface area contributed by atoms with E-state index >= 15 is 0 Å². The second-order valence-corrected chi connectivity index (χ2v) is 5.58. The van der Waals surface area contributed by atoms with E-state index in [9.17, 15) is 9.18 Å². The highest BCUT2D eigenvalue weighted by atomic mass is 35.5. The first kappa shape index (κ1) is 17.5. The molecule has 0 spiro atoms. The lowest BCUT2D eigenvalue weighted by molar-refractivity contribution is 0.0508. The first-order valence-electron chi connectivity index (χ1n) is 7.73. The van der Waals surface area contributed by atoms with E-state index in [1.807, 2.05) is 25.1 Å². The molecule has 0 atom stereocenters. The summed E-state index contributed by atoms with van der Waals surface area (Å²) in [4.78, 5) is 16.0. The number of carbonyl (C=O) groups is 1. The van der Waals surface area contributed by atoms with Crippen molar-refractivity contribution in [1.82, 2.24) is 9.55 Å². The van der Waals surface area contributed by atoms with Crippen LogP contribution in [0.5, 0.6) is 0 Å². The van der Waals surface area contributed by atoms with Gasteiger partial charge in [0.25, 0.3) is 0 Å². The Balaban J connectivity index is 2.44. The first-order chi connectivity index (χ1) is 11.1. The minimum absolute atomic E-state index is 0.141.